The number of likely N-dealkylation sites (tertiary alicyclic amines) is 1. The SMILES string of the molecule is COC(=O)c1ccc(NC(=O)CN2CCCC2=O)o1. The van der Waals surface area contributed by atoms with Gasteiger partial charge in [0, 0.05) is 19.0 Å². The highest BCUT2D eigenvalue weighted by Gasteiger charge is 2.22. The van der Waals surface area contributed by atoms with E-state index in [1.54, 1.807) is 0 Å². The third-order valence-corrected chi connectivity index (χ3v) is 2.76. The van der Waals surface area contributed by atoms with E-state index in [1.165, 1.54) is 24.1 Å². The summed E-state index contributed by atoms with van der Waals surface area (Å²) in [5, 5.41) is 2.48. The minimum absolute atomic E-state index is 0.00685. The summed E-state index contributed by atoms with van der Waals surface area (Å²) in [5.74, 6) is -0.840. The molecule has 0 atom stereocenters. The fourth-order valence-corrected chi connectivity index (χ4v) is 1.84. The second-order valence-electron chi connectivity index (χ2n) is 4.12. The van der Waals surface area contributed by atoms with E-state index in [0.29, 0.717) is 13.0 Å². The molecule has 0 bridgehead atoms. The molecule has 1 aliphatic rings. The Balaban J connectivity index is 1.90. The quantitative estimate of drug-likeness (QED) is 0.807. The molecule has 0 saturated carbocycles. The van der Waals surface area contributed by atoms with Crippen molar-refractivity contribution in [2.45, 2.75) is 12.8 Å². The summed E-state index contributed by atoms with van der Waals surface area (Å²) < 4.78 is 9.57. The zero-order chi connectivity index (χ0) is 13.8. The van der Waals surface area contributed by atoms with Gasteiger partial charge in [0.05, 0.1) is 13.7 Å². The molecule has 0 radical (unpaired) electrons. The molecule has 7 heteroatoms. The molecule has 1 aromatic heterocycles. The van der Waals surface area contributed by atoms with E-state index in [1.807, 2.05) is 0 Å². The van der Waals surface area contributed by atoms with Gasteiger partial charge in [-0.2, -0.15) is 0 Å². The number of carbonyl (C=O) groups is 3. The number of anilines is 1. The van der Waals surface area contributed by atoms with Crippen molar-refractivity contribution in [2.24, 2.45) is 0 Å². The first-order valence-electron chi connectivity index (χ1n) is 5.86. The Labute approximate surface area is 109 Å². The van der Waals surface area contributed by atoms with Crippen molar-refractivity contribution in [1.29, 1.82) is 0 Å². The van der Waals surface area contributed by atoms with Gasteiger partial charge >= 0.3 is 5.97 Å². The Hall–Kier alpha value is -2.31. The van der Waals surface area contributed by atoms with Crippen LogP contribution in [0.15, 0.2) is 16.5 Å². The Morgan fingerprint density at radius 3 is 2.89 bits per heavy atom. The number of carbonyl (C=O) groups excluding carboxylic acids is 3. The van der Waals surface area contributed by atoms with Crippen LogP contribution in [0.1, 0.15) is 23.4 Å². The second kappa shape index (κ2) is 5.55. The van der Waals surface area contributed by atoms with Gasteiger partial charge in [0.1, 0.15) is 0 Å². The summed E-state index contributed by atoms with van der Waals surface area (Å²) in [4.78, 5) is 35.7. The summed E-state index contributed by atoms with van der Waals surface area (Å²) >= 11 is 0. The first-order valence-corrected chi connectivity index (χ1v) is 5.86. The second-order valence-corrected chi connectivity index (χ2v) is 4.12. The fourth-order valence-electron chi connectivity index (χ4n) is 1.84. The molecule has 0 unspecified atom stereocenters. The molecule has 2 rings (SSSR count). The summed E-state index contributed by atoms with van der Waals surface area (Å²) in [6.07, 6.45) is 1.26. The van der Waals surface area contributed by atoms with Gasteiger partial charge in [0.15, 0.2) is 0 Å². The maximum absolute atomic E-state index is 11.7. The van der Waals surface area contributed by atoms with Crippen LogP contribution in [0.25, 0.3) is 0 Å². The number of methoxy groups -OCH3 is 1. The fraction of sp³-hybridized carbons (Fsp3) is 0.417. The molecule has 1 saturated heterocycles. The van der Waals surface area contributed by atoms with Crippen LogP contribution < -0.4 is 5.32 Å². The van der Waals surface area contributed by atoms with Gasteiger partial charge in [0.2, 0.25) is 23.5 Å². The van der Waals surface area contributed by atoms with E-state index >= 15 is 0 Å². The molecule has 2 amide bonds. The molecule has 1 N–H and O–H groups in total. The van der Waals surface area contributed by atoms with Crippen molar-refractivity contribution < 1.29 is 23.5 Å². The monoisotopic (exact) mass is 266 g/mol. The summed E-state index contributed by atoms with van der Waals surface area (Å²) in [5.41, 5.74) is 0. The third-order valence-electron chi connectivity index (χ3n) is 2.76. The lowest BCUT2D eigenvalue weighted by Gasteiger charge is -2.13. The molecule has 1 fully saturated rings. The molecule has 0 aliphatic carbocycles. The predicted molar refractivity (Wildman–Crippen MR) is 64.5 cm³/mol. The van der Waals surface area contributed by atoms with E-state index < -0.39 is 5.97 Å². The van der Waals surface area contributed by atoms with Crippen LogP contribution in [0.3, 0.4) is 0 Å². The molecule has 19 heavy (non-hydrogen) atoms. The molecular weight excluding hydrogens is 252 g/mol. The number of furan rings is 1. The number of hydrogen-bond donors (Lipinski definition) is 1. The molecule has 1 aliphatic heterocycles. The number of ether oxygens (including phenoxy) is 1. The number of hydrogen-bond acceptors (Lipinski definition) is 5. The molecule has 1 aromatic rings. The zero-order valence-electron chi connectivity index (χ0n) is 10.5. The van der Waals surface area contributed by atoms with E-state index in [9.17, 15) is 14.4 Å². The van der Waals surface area contributed by atoms with E-state index in [4.69, 9.17) is 4.42 Å². The molecule has 7 nitrogen and oxygen atoms in total. The van der Waals surface area contributed by atoms with Crippen LogP contribution in [0.2, 0.25) is 0 Å². The first-order chi connectivity index (χ1) is 9.10. The lowest BCUT2D eigenvalue weighted by molar-refractivity contribution is -0.131. The minimum atomic E-state index is -0.616. The van der Waals surface area contributed by atoms with Crippen molar-refractivity contribution in [1.82, 2.24) is 4.90 Å². The van der Waals surface area contributed by atoms with Crippen molar-refractivity contribution in [2.75, 3.05) is 25.5 Å². The number of esters is 1. The number of rotatable bonds is 4. The molecule has 0 spiro atoms. The summed E-state index contributed by atoms with van der Waals surface area (Å²) in [6.45, 7) is 0.588. The normalized spacial score (nSPS) is 14.6. The van der Waals surface area contributed by atoms with Gasteiger partial charge in [-0.3, -0.25) is 14.9 Å². The molecule has 2 heterocycles. The molecular formula is C12H14N2O5. The average molecular weight is 266 g/mol. The third kappa shape index (κ3) is 3.12. The van der Waals surface area contributed by atoms with Crippen LogP contribution in [-0.2, 0) is 14.3 Å². The Kier molecular flexibility index (Phi) is 3.84. The number of amides is 2. The maximum Gasteiger partial charge on any atom is 0.374 e. The van der Waals surface area contributed by atoms with Crippen LogP contribution >= 0.6 is 0 Å². The smallest absolute Gasteiger partial charge is 0.374 e. The van der Waals surface area contributed by atoms with Crippen LogP contribution in [0.5, 0.6) is 0 Å². The average Bonchev–Trinajstić information content (AvgIpc) is 2.99. The largest absolute Gasteiger partial charge is 0.463 e. The lowest BCUT2D eigenvalue weighted by Crippen LogP contribution is -2.33. The number of nitrogens with zero attached hydrogens (tertiary/aromatic N) is 1. The van der Waals surface area contributed by atoms with Gasteiger partial charge in [-0.05, 0) is 12.5 Å². The van der Waals surface area contributed by atoms with Gasteiger partial charge in [-0.1, -0.05) is 0 Å². The zero-order valence-corrected chi connectivity index (χ0v) is 10.5. The van der Waals surface area contributed by atoms with Gasteiger partial charge < -0.3 is 14.1 Å². The standard InChI is InChI=1S/C12H14N2O5/c1-18-12(17)8-4-5-10(19-8)13-9(15)7-14-6-2-3-11(14)16/h4-5H,2-3,6-7H2,1H3,(H,13,15). The van der Waals surface area contributed by atoms with Crippen molar-refractivity contribution in [3.05, 3.63) is 17.9 Å². The predicted octanol–water partition coefficient (Wildman–Crippen LogP) is 0.627. The van der Waals surface area contributed by atoms with Crippen molar-refractivity contribution in [3.8, 4) is 0 Å². The highest BCUT2D eigenvalue weighted by Crippen LogP contribution is 2.15. The Morgan fingerprint density at radius 2 is 2.26 bits per heavy atom. The Bertz CT molecular complexity index is 508. The van der Waals surface area contributed by atoms with E-state index in [2.05, 4.69) is 10.1 Å². The van der Waals surface area contributed by atoms with Crippen molar-refractivity contribution in [3.63, 3.8) is 0 Å². The van der Waals surface area contributed by atoms with Gasteiger partial charge in [-0.15, -0.1) is 0 Å². The minimum Gasteiger partial charge on any atom is -0.463 e. The number of nitrogens with one attached hydrogen (secondary N) is 1. The Morgan fingerprint density at radius 1 is 1.47 bits per heavy atom. The first kappa shape index (κ1) is 13.1. The highest BCUT2D eigenvalue weighted by molar-refractivity contribution is 5.94. The highest BCUT2D eigenvalue weighted by atomic mass is 16.5. The maximum atomic E-state index is 11.7. The van der Waals surface area contributed by atoms with Crippen LogP contribution in [0.4, 0.5) is 5.88 Å². The van der Waals surface area contributed by atoms with Gasteiger partial charge in [-0.25, -0.2) is 4.79 Å². The van der Waals surface area contributed by atoms with E-state index in [0.717, 1.165) is 6.42 Å². The van der Waals surface area contributed by atoms with Crippen molar-refractivity contribution >= 4 is 23.7 Å². The topological polar surface area (TPSA) is 88.9 Å². The molecule has 0 aromatic carbocycles. The van der Waals surface area contributed by atoms with Crippen LogP contribution in [-0.4, -0.2) is 42.9 Å². The van der Waals surface area contributed by atoms with Gasteiger partial charge in [0.25, 0.3) is 0 Å². The molecule has 102 valence electrons. The summed E-state index contributed by atoms with van der Waals surface area (Å²) in [6, 6.07) is 2.86. The van der Waals surface area contributed by atoms with E-state index in [-0.39, 0.29) is 30.0 Å². The lowest BCUT2D eigenvalue weighted by atomic mass is 10.4. The van der Waals surface area contributed by atoms with Crippen LogP contribution in [0, 0.1) is 0 Å². The summed E-state index contributed by atoms with van der Waals surface area (Å²) in [7, 11) is 1.24.